The molecule has 1 heterocycles. The number of anilines is 1. The van der Waals surface area contributed by atoms with Gasteiger partial charge in [-0.05, 0) is 25.1 Å². The van der Waals surface area contributed by atoms with E-state index in [2.05, 4.69) is 16.9 Å². The van der Waals surface area contributed by atoms with Crippen LogP contribution in [-0.2, 0) is 4.79 Å². The summed E-state index contributed by atoms with van der Waals surface area (Å²) < 4.78 is 14.0. The van der Waals surface area contributed by atoms with Crippen LogP contribution in [0.2, 0.25) is 0 Å². The van der Waals surface area contributed by atoms with Crippen LogP contribution in [0.4, 0.5) is 10.1 Å². The summed E-state index contributed by atoms with van der Waals surface area (Å²) in [6, 6.07) is 5.32. The Bertz CT molecular complexity index is 577. The second-order valence-electron chi connectivity index (χ2n) is 3.52. The molecule has 0 saturated heterocycles. The maximum atomic E-state index is 13.2. The number of rotatable bonds is 3. The second-order valence-corrected chi connectivity index (χ2v) is 4.55. The number of fused-ring (bicyclic) bond motifs is 1. The first kappa shape index (κ1) is 11.7. The van der Waals surface area contributed by atoms with Crippen molar-refractivity contribution in [2.45, 2.75) is 13.1 Å². The predicted octanol–water partition coefficient (Wildman–Crippen LogP) is 3.45. The average molecular weight is 250 g/mol. The number of carbonyl (C=O) groups is 1. The number of nitrogens with zero attached hydrogens (tertiary/aromatic N) is 1. The van der Waals surface area contributed by atoms with Crippen molar-refractivity contribution in [3.63, 3.8) is 0 Å². The average Bonchev–Trinajstić information content (AvgIpc) is 2.74. The predicted molar refractivity (Wildman–Crippen MR) is 68.0 cm³/mol. The molecule has 2 aromatic rings. The molecule has 0 aliphatic carbocycles. The van der Waals surface area contributed by atoms with Gasteiger partial charge in [-0.1, -0.05) is 12.6 Å². The van der Waals surface area contributed by atoms with Crippen LogP contribution in [0.25, 0.3) is 10.2 Å². The van der Waals surface area contributed by atoms with Crippen molar-refractivity contribution < 1.29 is 9.18 Å². The summed E-state index contributed by atoms with van der Waals surface area (Å²) in [5, 5.41) is 3.09. The number of nitrogens with one attached hydrogen (secondary N) is 1. The maximum Gasteiger partial charge on any atom is 0.247 e. The fraction of sp³-hybridized carbons (Fsp3) is 0.167. The molecule has 1 atom stereocenters. The van der Waals surface area contributed by atoms with Gasteiger partial charge in [-0.25, -0.2) is 9.37 Å². The third-order valence-electron chi connectivity index (χ3n) is 2.22. The fourth-order valence-electron chi connectivity index (χ4n) is 1.42. The summed E-state index contributed by atoms with van der Waals surface area (Å²) in [4.78, 5) is 15.4. The minimum Gasteiger partial charge on any atom is -0.321 e. The van der Waals surface area contributed by atoms with Gasteiger partial charge in [0.1, 0.15) is 11.2 Å². The number of carbonyl (C=O) groups excluding carboxylic acids is 1. The van der Waals surface area contributed by atoms with Crippen molar-refractivity contribution in [1.29, 1.82) is 0 Å². The van der Waals surface area contributed by atoms with Crippen molar-refractivity contribution in [1.82, 2.24) is 4.98 Å². The van der Waals surface area contributed by atoms with Gasteiger partial charge in [0.2, 0.25) is 5.91 Å². The van der Waals surface area contributed by atoms with E-state index in [0.29, 0.717) is 16.2 Å². The van der Waals surface area contributed by atoms with Gasteiger partial charge in [0.15, 0.2) is 0 Å². The van der Waals surface area contributed by atoms with Crippen LogP contribution in [-0.4, -0.2) is 10.9 Å². The largest absolute Gasteiger partial charge is 0.321 e. The van der Waals surface area contributed by atoms with E-state index in [1.54, 1.807) is 18.2 Å². The molecule has 2 rings (SSSR count). The van der Waals surface area contributed by atoms with Crippen molar-refractivity contribution in [3.05, 3.63) is 35.9 Å². The first-order chi connectivity index (χ1) is 8.11. The molecule has 0 saturated carbocycles. The van der Waals surface area contributed by atoms with E-state index in [1.807, 2.05) is 0 Å². The van der Waals surface area contributed by atoms with Crippen LogP contribution in [0.1, 0.15) is 18.1 Å². The molecule has 1 amide bonds. The lowest BCUT2D eigenvalue weighted by atomic mass is 10.3. The summed E-state index contributed by atoms with van der Waals surface area (Å²) in [6.45, 7) is 4.83. The van der Waals surface area contributed by atoms with Gasteiger partial charge < -0.3 is 5.32 Å². The van der Waals surface area contributed by atoms with E-state index in [0.717, 1.165) is 4.70 Å². The third-order valence-corrected chi connectivity index (χ3v) is 3.47. The number of thiazole rings is 1. The second kappa shape index (κ2) is 4.63. The van der Waals surface area contributed by atoms with Gasteiger partial charge in [0.05, 0.1) is 15.9 Å². The lowest BCUT2D eigenvalue weighted by Crippen LogP contribution is -2.06. The topological polar surface area (TPSA) is 42.0 Å². The zero-order chi connectivity index (χ0) is 12.4. The first-order valence-corrected chi connectivity index (χ1v) is 5.90. The molecular weight excluding hydrogens is 239 g/mol. The molecule has 0 radical (unpaired) electrons. The minimum absolute atomic E-state index is 0.291. The lowest BCUT2D eigenvalue weighted by Gasteiger charge is -2.01. The van der Waals surface area contributed by atoms with E-state index >= 15 is 0 Å². The van der Waals surface area contributed by atoms with Crippen LogP contribution in [0, 0.1) is 0 Å². The Morgan fingerprint density at radius 3 is 3.06 bits per heavy atom. The van der Waals surface area contributed by atoms with Crippen molar-refractivity contribution >= 4 is 33.1 Å². The molecule has 1 aromatic heterocycles. The van der Waals surface area contributed by atoms with Gasteiger partial charge in [0, 0.05) is 0 Å². The smallest absolute Gasteiger partial charge is 0.247 e. The third kappa shape index (κ3) is 2.34. The Labute approximate surface area is 102 Å². The van der Waals surface area contributed by atoms with Crippen LogP contribution in [0.3, 0.4) is 0 Å². The molecule has 0 spiro atoms. The Morgan fingerprint density at radius 1 is 1.65 bits per heavy atom. The van der Waals surface area contributed by atoms with Crippen LogP contribution < -0.4 is 5.32 Å². The maximum absolute atomic E-state index is 13.2. The summed E-state index contributed by atoms with van der Waals surface area (Å²) in [7, 11) is 0. The minimum atomic E-state index is -1.10. The number of alkyl halides is 1. The van der Waals surface area contributed by atoms with Crippen molar-refractivity contribution in [2.24, 2.45) is 0 Å². The zero-order valence-corrected chi connectivity index (χ0v) is 10.1. The molecule has 3 nitrogen and oxygen atoms in total. The van der Waals surface area contributed by atoms with Crippen LogP contribution in [0.15, 0.2) is 30.9 Å². The Balaban J connectivity index is 2.49. The van der Waals surface area contributed by atoms with E-state index in [4.69, 9.17) is 0 Å². The van der Waals surface area contributed by atoms with Gasteiger partial charge in [-0.2, -0.15) is 0 Å². The van der Waals surface area contributed by atoms with Gasteiger partial charge in [0.25, 0.3) is 0 Å². The number of amides is 1. The van der Waals surface area contributed by atoms with Gasteiger partial charge in [-0.15, -0.1) is 11.3 Å². The molecule has 88 valence electrons. The molecule has 0 bridgehead atoms. The SMILES string of the molecule is C=CC(=O)Nc1cccc2nc(C(C)F)sc12. The van der Waals surface area contributed by atoms with E-state index in [1.165, 1.54) is 24.3 Å². The molecule has 17 heavy (non-hydrogen) atoms. The highest BCUT2D eigenvalue weighted by molar-refractivity contribution is 7.19. The van der Waals surface area contributed by atoms with E-state index in [9.17, 15) is 9.18 Å². The Morgan fingerprint density at radius 2 is 2.41 bits per heavy atom. The molecule has 0 aliphatic heterocycles. The molecule has 1 aromatic carbocycles. The number of benzene rings is 1. The number of aromatic nitrogens is 1. The number of hydrogen-bond acceptors (Lipinski definition) is 3. The van der Waals surface area contributed by atoms with Gasteiger partial charge >= 0.3 is 0 Å². The summed E-state index contributed by atoms with van der Waals surface area (Å²) in [6.07, 6.45) is 0.0915. The zero-order valence-electron chi connectivity index (χ0n) is 9.24. The monoisotopic (exact) mass is 250 g/mol. The molecule has 5 heteroatoms. The first-order valence-electron chi connectivity index (χ1n) is 5.08. The lowest BCUT2D eigenvalue weighted by molar-refractivity contribution is -0.111. The quantitative estimate of drug-likeness (QED) is 0.848. The highest BCUT2D eigenvalue weighted by Crippen LogP contribution is 2.33. The molecule has 0 aliphatic rings. The van der Waals surface area contributed by atoms with E-state index in [-0.39, 0.29) is 5.91 Å². The Hall–Kier alpha value is -1.75. The highest BCUT2D eigenvalue weighted by Gasteiger charge is 2.13. The van der Waals surface area contributed by atoms with Crippen LogP contribution >= 0.6 is 11.3 Å². The fourth-order valence-corrected chi connectivity index (χ4v) is 2.38. The molecule has 0 fully saturated rings. The molecule has 1 N–H and O–H groups in total. The molecular formula is C12H11FN2OS. The van der Waals surface area contributed by atoms with Gasteiger partial charge in [-0.3, -0.25) is 4.79 Å². The standard InChI is InChI=1S/C12H11FN2OS/c1-3-10(16)14-8-5-4-6-9-11(8)17-12(15-9)7(2)13/h3-7H,1H2,2H3,(H,14,16). The summed E-state index contributed by atoms with van der Waals surface area (Å²) in [5.74, 6) is -0.291. The van der Waals surface area contributed by atoms with E-state index < -0.39 is 6.17 Å². The number of halogens is 1. The summed E-state index contributed by atoms with van der Waals surface area (Å²) in [5.41, 5.74) is 1.33. The highest BCUT2D eigenvalue weighted by atomic mass is 32.1. The van der Waals surface area contributed by atoms with Crippen LogP contribution in [0.5, 0.6) is 0 Å². The van der Waals surface area contributed by atoms with Crippen molar-refractivity contribution in [2.75, 3.05) is 5.32 Å². The normalized spacial score (nSPS) is 12.4. The van der Waals surface area contributed by atoms with Crippen molar-refractivity contribution in [3.8, 4) is 0 Å². The molecule has 1 unspecified atom stereocenters. The number of hydrogen-bond donors (Lipinski definition) is 1. The Kier molecular flexibility index (Phi) is 3.19. The summed E-state index contributed by atoms with van der Waals surface area (Å²) >= 11 is 1.25.